The lowest BCUT2D eigenvalue weighted by atomic mass is 9.86. The van der Waals surface area contributed by atoms with E-state index in [0.29, 0.717) is 59.8 Å². The molecule has 0 spiro atoms. The van der Waals surface area contributed by atoms with Crippen LogP contribution in [-0.4, -0.2) is 32.3 Å². The zero-order chi connectivity index (χ0) is 23.3. The average molecular weight is 448 g/mol. The third-order valence-corrected chi connectivity index (χ3v) is 6.60. The predicted octanol–water partition coefficient (Wildman–Crippen LogP) is 5.60. The van der Waals surface area contributed by atoms with Crippen molar-refractivity contribution in [3.8, 4) is 17.0 Å². The molecule has 3 heterocycles. The van der Waals surface area contributed by atoms with Crippen molar-refractivity contribution in [2.45, 2.75) is 52.4 Å². The number of aryl methyl sites for hydroxylation is 1. The van der Waals surface area contributed by atoms with E-state index in [2.05, 4.69) is 0 Å². The van der Waals surface area contributed by atoms with Gasteiger partial charge in [0, 0.05) is 27.8 Å². The number of rotatable bonds is 5. The van der Waals surface area contributed by atoms with Crippen molar-refractivity contribution in [1.29, 1.82) is 0 Å². The number of nitrogens with zero attached hydrogens (tertiary/aromatic N) is 3. The fourth-order valence-corrected chi connectivity index (χ4v) is 5.05. The zero-order valence-corrected chi connectivity index (χ0v) is 19.0. The third kappa shape index (κ3) is 3.34. The van der Waals surface area contributed by atoms with Gasteiger partial charge in [-0.15, -0.1) is 0 Å². The highest BCUT2D eigenvalue weighted by Crippen LogP contribution is 2.42. The summed E-state index contributed by atoms with van der Waals surface area (Å²) in [4.78, 5) is 17.2. The van der Waals surface area contributed by atoms with E-state index in [9.17, 15) is 9.90 Å². The molecule has 0 saturated carbocycles. The lowest BCUT2D eigenvalue weighted by Gasteiger charge is -2.25. The van der Waals surface area contributed by atoms with Crippen LogP contribution in [0, 0.1) is 19.7 Å². The maximum atomic E-state index is 15.3. The van der Waals surface area contributed by atoms with Gasteiger partial charge in [-0.1, -0.05) is 25.5 Å². The van der Waals surface area contributed by atoms with Crippen molar-refractivity contribution in [3.63, 3.8) is 0 Å². The summed E-state index contributed by atoms with van der Waals surface area (Å²) < 4.78 is 22.6. The number of ether oxygens (including phenoxy) is 1. The van der Waals surface area contributed by atoms with Crippen molar-refractivity contribution in [2.75, 3.05) is 6.61 Å². The molecule has 6 nitrogen and oxygen atoms in total. The van der Waals surface area contributed by atoms with Crippen molar-refractivity contribution in [1.82, 2.24) is 14.6 Å². The second-order valence-electron chi connectivity index (χ2n) is 8.68. The van der Waals surface area contributed by atoms with Crippen LogP contribution >= 0.6 is 0 Å². The molecule has 1 atom stereocenters. The minimum atomic E-state index is -0.918. The molecule has 5 rings (SSSR count). The summed E-state index contributed by atoms with van der Waals surface area (Å²) >= 11 is 0. The molecule has 2 aromatic heterocycles. The Kier molecular flexibility index (Phi) is 5.27. The summed E-state index contributed by atoms with van der Waals surface area (Å²) in [5.74, 6) is -1.82. The molecule has 170 valence electrons. The fraction of sp³-hybridized carbons (Fsp3) is 0.346. The second kappa shape index (κ2) is 8.14. The van der Waals surface area contributed by atoms with Crippen LogP contribution in [0.3, 0.4) is 0 Å². The first-order valence-electron chi connectivity index (χ1n) is 11.4. The van der Waals surface area contributed by atoms with Crippen LogP contribution in [0.25, 0.3) is 27.8 Å². The fourth-order valence-electron chi connectivity index (χ4n) is 5.05. The Morgan fingerprint density at radius 1 is 1.30 bits per heavy atom. The van der Waals surface area contributed by atoms with Crippen molar-refractivity contribution >= 4 is 22.5 Å². The Bertz CT molecular complexity index is 1410. The van der Waals surface area contributed by atoms with Crippen molar-refractivity contribution in [3.05, 3.63) is 58.5 Å². The Morgan fingerprint density at radius 3 is 2.85 bits per heavy atom. The van der Waals surface area contributed by atoms with Gasteiger partial charge >= 0.3 is 5.97 Å². The molecule has 0 saturated heterocycles. The molecule has 4 aromatic rings. The highest BCUT2D eigenvalue weighted by molar-refractivity contribution is 5.94. The lowest BCUT2D eigenvalue weighted by Crippen LogP contribution is -2.18. The molecular formula is C26H26FN3O3. The predicted molar refractivity (Wildman–Crippen MR) is 124 cm³/mol. The van der Waals surface area contributed by atoms with Gasteiger partial charge in [0.1, 0.15) is 0 Å². The standard InChI is InChI=1S/C26H26FN3O3/c1-4-8-18(26(31)32)22-15(3)28-25-17-9-5-6-11-21(17)29-30(25)23(22)19-13-20(27)24-16(14(19)2)10-7-12-33-24/h5-6,9,11,13,18H,4,7-8,10,12H2,1-3H3,(H,31,32). The van der Waals surface area contributed by atoms with E-state index in [4.69, 9.17) is 14.8 Å². The number of aliphatic carboxylic acids is 1. The molecule has 1 N–H and O–H groups in total. The number of hydrogen-bond donors (Lipinski definition) is 1. The van der Waals surface area contributed by atoms with Crippen LogP contribution in [0.5, 0.6) is 5.75 Å². The number of aromatic nitrogens is 3. The van der Waals surface area contributed by atoms with Gasteiger partial charge in [-0.2, -0.15) is 5.10 Å². The van der Waals surface area contributed by atoms with Crippen molar-refractivity contribution in [2.24, 2.45) is 0 Å². The molecule has 2 aromatic carbocycles. The molecule has 0 radical (unpaired) electrons. The number of carboxylic acid groups (broad SMARTS) is 1. The molecule has 0 aliphatic carbocycles. The van der Waals surface area contributed by atoms with E-state index in [0.717, 1.165) is 28.5 Å². The third-order valence-electron chi connectivity index (χ3n) is 6.60. The van der Waals surface area contributed by atoms with E-state index in [1.807, 2.05) is 45.0 Å². The molecule has 7 heteroatoms. The summed E-state index contributed by atoms with van der Waals surface area (Å²) in [6, 6.07) is 9.14. The van der Waals surface area contributed by atoms with E-state index < -0.39 is 17.7 Å². The SMILES string of the molecule is CCCC(C(=O)O)c1c(C)nc2c3ccccc3nn2c1-c1cc(F)c2c(c1C)CCCO2. The van der Waals surface area contributed by atoms with Crippen molar-refractivity contribution < 1.29 is 19.0 Å². The molecular weight excluding hydrogens is 421 g/mol. The normalized spacial score (nSPS) is 14.3. The average Bonchev–Trinajstić information content (AvgIpc) is 3.17. The molecule has 1 aliphatic heterocycles. The Balaban J connectivity index is 1.93. The number of carboxylic acids is 1. The minimum Gasteiger partial charge on any atom is -0.490 e. The Hall–Kier alpha value is -3.48. The number of carbonyl (C=O) groups is 1. The number of hydrogen-bond acceptors (Lipinski definition) is 4. The smallest absolute Gasteiger partial charge is 0.311 e. The number of benzene rings is 2. The van der Waals surface area contributed by atoms with Crippen LogP contribution in [0.2, 0.25) is 0 Å². The van der Waals surface area contributed by atoms with Crippen LogP contribution in [0.15, 0.2) is 30.3 Å². The quantitative estimate of drug-likeness (QED) is 0.431. The highest BCUT2D eigenvalue weighted by atomic mass is 19.1. The molecule has 1 unspecified atom stereocenters. The molecule has 33 heavy (non-hydrogen) atoms. The van der Waals surface area contributed by atoms with Gasteiger partial charge in [0.25, 0.3) is 0 Å². The van der Waals surface area contributed by atoms with Gasteiger partial charge in [0.05, 0.1) is 23.7 Å². The van der Waals surface area contributed by atoms with Gasteiger partial charge in [0.2, 0.25) is 0 Å². The van der Waals surface area contributed by atoms with Crippen LogP contribution < -0.4 is 4.74 Å². The van der Waals surface area contributed by atoms with E-state index in [1.54, 1.807) is 4.52 Å². The topological polar surface area (TPSA) is 76.7 Å². The molecule has 0 bridgehead atoms. The maximum Gasteiger partial charge on any atom is 0.311 e. The van der Waals surface area contributed by atoms with Crippen LogP contribution in [0.4, 0.5) is 4.39 Å². The van der Waals surface area contributed by atoms with Gasteiger partial charge in [-0.3, -0.25) is 4.79 Å². The number of halogens is 1. The van der Waals surface area contributed by atoms with E-state index >= 15 is 4.39 Å². The van der Waals surface area contributed by atoms with Gasteiger partial charge in [0.15, 0.2) is 17.2 Å². The molecule has 0 amide bonds. The number of fused-ring (bicyclic) bond motifs is 4. The first kappa shape index (κ1) is 21.4. The first-order valence-corrected chi connectivity index (χ1v) is 11.4. The summed E-state index contributed by atoms with van der Waals surface area (Å²) in [6.07, 6.45) is 2.67. The van der Waals surface area contributed by atoms with E-state index in [1.165, 1.54) is 6.07 Å². The minimum absolute atomic E-state index is 0.306. The largest absolute Gasteiger partial charge is 0.490 e. The van der Waals surface area contributed by atoms with Gasteiger partial charge in [-0.25, -0.2) is 13.9 Å². The van der Waals surface area contributed by atoms with E-state index in [-0.39, 0.29) is 0 Å². The second-order valence-corrected chi connectivity index (χ2v) is 8.68. The summed E-state index contributed by atoms with van der Waals surface area (Å²) in [5, 5.41) is 15.8. The van der Waals surface area contributed by atoms with Gasteiger partial charge in [-0.05, 0) is 56.9 Å². The Morgan fingerprint density at radius 2 is 2.09 bits per heavy atom. The maximum absolute atomic E-state index is 15.3. The molecule has 0 fully saturated rings. The molecule has 1 aliphatic rings. The first-order chi connectivity index (χ1) is 15.9. The zero-order valence-electron chi connectivity index (χ0n) is 19.0. The lowest BCUT2D eigenvalue weighted by molar-refractivity contribution is -0.139. The van der Waals surface area contributed by atoms with Gasteiger partial charge < -0.3 is 9.84 Å². The summed E-state index contributed by atoms with van der Waals surface area (Å²) in [6.45, 7) is 6.24. The Labute approximate surface area is 191 Å². The monoisotopic (exact) mass is 447 g/mol. The summed E-state index contributed by atoms with van der Waals surface area (Å²) in [7, 11) is 0. The van der Waals surface area contributed by atoms with Crippen LogP contribution in [-0.2, 0) is 11.2 Å². The summed E-state index contributed by atoms with van der Waals surface area (Å²) in [5.41, 5.74) is 5.56. The van der Waals surface area contributed by atoms with Crippen LogP contribution in [0.1, 0.15) is 54.5 Å². The highest BCUT2D eigenvalue weighted by Gasteiger charge is 2.31.